The summed E-state index contributed by atoms with van der Waals surface area (Å²) in [6.07, 6.45) is 2.49. The predicted octanol–water partition coefficient (Wildman–Crippen LogP) is 5.10. The van der Waals surface area contributed by atoms with E-state index in [2.05, 4.69) is 48.7 Å². The molecule has 0 aliphatic heterocycles. The van der Waals surface area contributed by atoms with Gasteiger partial charge in [-0.1, -0.05) is 80.9 Å². The van der Waals surface area contributed by atoms with Crippen molar-refractivity contribution in [3.05, 3.63) is 95.8 Å². The molecular formula is C31H41FN4O2S. The van der Waals surface area contributed by atoms with Crippen LogP contribution in [0.15, 0.2) is 83.8 Å². The first kappa shape index (κ1) is 30.5. The van der Waals surface area contributed by atoms with Crippen molar-refractivity contribution in [3.8, 4) is 0 Å². The quantitative estimate of drug-likeness (QED) is 0.181. The van der Waals surface area contributed by atoms with Gasteiger partial charge in [-0.3, -0.25) is 4.79 Å². The van der Waals surface area contributed by atoms with Gasteiger partial charge in [-0.2, -0.15) is 0 Å². The molecule has 6 nitrogen and oxygen atoms in total. The summed E-state index contributed by atoms with van der Waals surface area (Å²) in [5, 5.41) is 6.34. The minimum absolute atomic E-state index is 0.0388. The third-order valence-corrected chi connectivity index (χ3v) is 8.06. The van der Waals surface area contributed by atoms with Gasteiger partial charge in [0.25, 0.3) is 0 Å². The van der Waals surface area contributed by atoms with Crippen LogP contribution in [0.4, 0.5) is 10.1 Å². The lowest BCUT2D eigenvalue weighted by molar-refractivity contribution is -0.123. The molecule has 210 valence electrons. The zero-order chi connectivity index (χ0) is 28.2. The van der Waals surface area contributed by atoms with E-state index in [1.54, 1.807) is 6.07 Å². The first-order chi connectivity index (χ1) is 18.8. The molecular weight excluding hydrogens is 511 g/mol. The first-order valence-corrected chi connectivity index (χ1v) is 14.7. The van der Waals surface area contributed by atoms with Crippen LogP contribution >= 0.6 is 0 Å². The number of nitrogen functional groups attached to an aromatic ring is 1. The molecule has 0 aliphatic rings. The molecule has 3 aromatic carbocycles. The Morgan fingerprint density at radius 3 is 2.10 bits per heavy atom. The molecule has 2 unspecified atom stereocenters. The molecule has 3 aromatic rings. The largest absolute Gasteiger partial charge is 0.396 e. The highest BCUT2D eigenvalue weighted by atomic mass is 32.2. The van der Waals surface area contributed by atoms with Crippen LogP contribution in [0.1, 0.15) is 50.2 Å². The molecule has 8 heteroatoms. The topological polar surface area (TPSA) is 87.5 Å². The molecule has 0 saturated carbocycles. The molecule has 39 heavy (non-hydrogen) atoms. The van der Waals surface area contributed by atoms with Gasteiger partial charge in [-0.25, -0.2) is 12.9 Å². The van der Waals surface area contributed by atoms with E-state index in [-0.39, 0.29) is 17.5 Å². The van der Waals surface area contributed by atoms with Gasteiger partial charge >= 0.3 is 0 Å². The normalized spacial score (nSPS) is 13.1. The molecule has 3 rings (SSSR count). The zero-order valence-corrected chi connectivity index (χ0v) is 23.9. The molecule has 0 fully saturated rings. The third kappa shape index (κ3) is 8.98. The summed E-state index contributed by atoms with van der Waals surface area (Å²) in [5.41, 5.74) is 7.79. The Balaban J connectivity index is 1.53. The molecule has 0 bridgehead atoms. The number of nitrogens with two attached hydrogens (primary N) is 1. The van der Waals surface area contributed by atoms with Crippen LogP contribution in [0.5, 0.6) is 0 Å². The number of nitrogens with one attached hydrogen (secondary N) is 2. The second-order valence-corrected chi connectivity index (χ2v) is 11.6. The highest BCUT2D eigenvalue weighted by Gasteiger charge is 2.29. The number of amides is 1. The summed E-state index contributed by atoms with van der Waals surface area (Å²) in [4.78, 5) is 13.7. The van der Waals surface area contributed by atoms with Crippen molar-refractivity contribution >= 4 is 22.6 Å². The molecule has 0 aromatic heterocycles. The van der Waals surface area contributed by atoms with Gasteiger partial charge in [0.15, 0.2) is 0 Å². The van der Waals surface area contributed by atoms with Crippen molar-refractivity contribution in [2.45, 2.75) is 50.0 Å². The lowest BCUT2D eigenvalue weighted by atomic mass is 9.84. The van der Waals surface area contributed by atoms with E-state index in [4.69, 9.17) is 5.73 Å². The minimum Gasteiger partial charge on any atom is -0.396 e. The number of anilines is 1. The van der Waals surface area contributed by atoms with Crippen molar-refractivity contribution in [1.29, 1.82) is 0 Å². The molecule has 0 saturated heterocycles. The van der Waals surface area contributed by atoms with E-state index in [1.165, 1.54) is 12.1 Å². The van der Waals surface area contributed by atoms with Crippen LogP contribution in [0.2, 0.25) is 0 Å². The lowest BCUT2D eigenvalue weighted by Crippen LogP contribution is -2.47. The average molecular weight is 553 g/mol. The maximum Gasteiger partial charge on any atom is 0.238 e. The number of hydrogen-bond donors (Lipinski definition) is 3. The summed E-state index contributed by atoms with van der Waals surface area (Å²) >= 11 is 0. The molecule has 0 aliphatic carbocycles. The molecule has 0 radical (unpaired) electrons. The van der Waals surface area contributed by atoms with Gasteiger partial charge in [0.05, 0.1) is 16.6 Å². The van der Waals surface area contributed by atoms with E-state index in [0.717, 1.165) is 30.4 Å². The second kappa shape index (κ2) is 15.5. The Bertz CT molecular complexity index is 1150. The highest BCUT2D eigenvalue weighted by molar-refractivity contribution is 7.82. The Morgan fingerprint density at radius 2 is 1.56 bits per heavy atom. The highest BCUT2D eigenvalue weighted by Crippen LogP contribution is 2.28. The first-order valence-electron chi connectivity index (χ1n) is 13.6. The predicted molar refractivity (Wildman–Crippen MR) is 158 cm³/mol. The lowest BCUT2D eigenvalue weighted by Gasteiger charge is -2.27. The number of rotatable bonds is 15. The molecule has 1 amide bonds. The van der Waals surface area contributed by atoms with Crippen LogP contribution in [-0.2, 0) is 15.8 Å². The zero-order valence-electron chi connectivity index (χ0n) is 23.1. The molecule has 0 heterocycles. The van der Waals surface area contributed by atoms with Gasteiger partial charge in [-0.15, -0.1) is 0 Å². The van der Waals surface area contributed by atoms with Gasteiger partial charge < -0.3 is 16.4 Å². The fourth-order valence-corrected chi connectivity index (χ4v) is 6.09. The van der Waals surface area contributed by atoms with Crippen LogP contribution in [0.3, 0.4) is 0 Å². The van der Waals surface area contributed by atoms with Crippen molar-refractivity contribution in [3.63, 3.8) is 0 Å². The Morgan fingerprint density at radius 1 is 0.949 bits per heavy atom. The third-order valence-electron chi connectivity index (χ3n) is 6.60. The summed E-state index contributed by atoms with van der Waals surface area (Å²) in [6, 6.07) is 24.1. The molecule has 0 spiro atoms. The maximum atomic E-state index is 13.9. The van der Waals surface area contributed by atoms with Crippen LogP contribution in [0, 0.1) is 11.7 Å². The average Bonchev–Trinajstić information content (AvgIpc) is 2.94. The summed E-state index contributed by atoms with van der Waals surface area (Å²) in [5.74, 6) is -0.395. The molecule has 2 atom stereocenters. The smallest absolute Gasteiger partial charge is 0.238 e. The van der Waals surface area contributed by atoms with Crippen molar-refractivity contribution in [2.24, 2.45) is 5.92 Å². The molecule has 4 N–H and O–H groups in total. The Hall–Kier alpha value is -3.07. The van der Waals surface area contributed by atoms with E-state index in [0.29, 0.717) is 30.4 Å². The minimum atomic E-state index is -1.46. The fourth-order valence-electron chi connectivity index (χ4n) is 4.67. The fraction of sp³-hybridized carbons (Fsp3) is 0.387. The van der Waals surface area contributed by atoms with Gasteiger partial charge in [-0.05, 0) is 55.1 Å². The Kier molecular flexibility index (Phi) is 12.1. The Labute approximate surface area is 234 Å². The number of likely N-dealkylation sites (N-methyl/N-ethyl adjacent to an activating group) is 1. The SMILES string of the molecule is CNC(C(=O)NCCCCCN(CC(C)C)S(=O)c1ccc(N)c(F)c1)C(c1ccccc1)c1ccccc1. The standard InChI is InChI=1S/C31H41FN4O2S/c1-23(2)22-36(39(38)26-17-18-28(33)27(32)21-26)20-12-6-11-19-35-31(37)30(34-3)29(24-13-7-4-8-14-24)25-15-9-5-10-16-25/h4-5,7-10,13-18,21,23,29-30,34H,6,11-12,19-20,22,33H2,1-3H3,(H,35,37). The number of halogens is 1. The summed E-state index contributed by atoms with van der Waals surface area (Å²) in [7, 11) is 0.355. The monoisotopic (exact) mass is 552 g/mol. The van der Waals surface area contributed by atoms with Gasteiger partial charge in [0.1, 0.15) is 16.8 Å². The van der Waals surface area contributed by atoms with Gasteiger partial charge in [0.2, 0.25) is 5.91 Å². The number of nitrogens with zero attached hydrogens (tertiary/aromatic N) is 1. The van der Waals surface area contributed by atoms with Gasteiger partial charge in [0, 0.05) is 25.6 Å². The van der Waals surface area contributed by atoms with E-state index >= 15 is 0 Å². The van der Waals surface area contributed by atoms with Crippen LogP contribution in [0.25, 0.3) is 0 Å². The number of hydrogen-bond acceptors (Lipinski definition) is 4. The summed E-state index contributed by atoms with van der Waals surface area (Å²) < 4.78 is 28.9. The van der Waals surface area contributed by atoms with Crippen molar-refractivity contribution < 1.29 is 13.4 Å². The maximum absolute atomic E-state index is 13.9. The number of carbonyl (C=O) groups excluding carboxylic acids is 1. The van der Waals surface area contributed by atoms with E-state index < -0.39 is 22.8 Å². The van der Waals surface area contributed by atoms with E-state index in [1.807, 2.05) is 47.8 Å². The number of unbranched alkanes of at least 4 members (excludes halogenated alkanes) is 2. The van der Waals surface area contributed by atoms with Crippen molar-refractivity contribution in [2.75, 3.05) is 32.4 Å². The number of benzene rings is 3. The number of carbonyl (C=O) groups is 1. The van der Waals surface area contributed by atoms with Crippen LogP contribution < -0.4 is 16.4 Å². The second-order valence-electron chi connectivity index (χ2n) is 10.1. The van der Waals surface area contributed by atoms with Crippen molar-refractivity contribution in [1.82, 2.24) is 14.9 Å². The summed E-state index contributed by atoms with van der Waals surface area (Å²) in [6.45, 7) is 5.95. The van der Waals surface area contributed by atoms with Crippen LogP contribution in [-0.4, -0.2) is 47.1 Å². The van der Waals surface area contributed by atoms with E-state index in [9.17, 15) is 13.4 Å².